The lowest BCUT2D eigenvalue weighted by Gasteiger charge is -2.25. The van der Waals surface area contributed by atoms with E-state index in [-0.39, 0.29) is 13.2 Å². The second kappa shape index (κ2) is 8.53. The Morgan fingerprint density at radius 2 is 1.52 bits per heavy atom. The molecule has 4 rings (SSSR count). The van der Waals surface area contributed by atoms with E-state index >= 15 is 0 Å². The van der Waals surface area contributed by atoms with Crippen molar-refractivity contribution >= 4 is 21.4 Å². The molecule has 160 valence electrons. The van der Waals surface area contributed by atoms with Crippen LogP contribution in [0.15, 0.2) is 78.0 Å². The lowest BCUT2D eigenvalue weighted by Crippen LogP contribution is -2.38. The highest BCUT2D eigenvalue weighted by molar-refractivity contribution is 7.92. The molecule has 31 heavy (non-hydrogen) atoms. The van der Waals surface area contributed by atoms with Crippen LogP contribution in [0.25, 0.3) is 11.1 Å². The first-order valence-corrected chi connectivity index (χ1v) is 11.8. The van der Waals surface area contributed by atoms with Gasteiger partial charge in [-0.05, 0) is 35.7 Å². The van der Waals surface area contributed by atoms with Gasteiger partial charge in [-0.25, -0.2) is 8.42 Å². The van der Waals surface area contributed by atoms with Crippen molar-refractivity contribution in [3.63, 3.8) is 0 Å². The van der Waals surface area contributed by atoms with Crippen LogP contribution in [-0.2, 0) is 14.9 Å². The summed E-state index contributed by atoms with van der Waals surface area (Å²) in [7, 11) is -3.57. The van der Waals surface area contributed by atoms with Gasteiger partial charge >= 0.3 is 0 Å². The number of benzene rings is 3. The molecule has 0 aromatic heterocycles. The van der Waals surface area contributed by atoms with Gasteiger partial charge < -0.3 is 9.94 Å². The lowest BCUT2D eigenvalue weighted by molar-refractivity contribution is 0.0456. The second-order valence-electron chi connectivity index (χ2n) is 7.61. The molecule has 6 nitrogen and oxygen atoms in total. The Morgan fingerprint density at radius 1 is 0.935 bits per heavy atom. The van der Waals surface area contributed by atoms with Gasteiger partial charge in [0.2, 0.25) is 10.0 Å². The zero-order valence-electron chi connectivity index (χ0n) is 17.4. The summed E-state index contributed by atoms with van der Waals surface area (Å²) in [6, 6.07) is 23.0. The SMILES string of the molecule is Cc1cccc(N(C[C@@H](O)CON=C2c3ccccc3-c3ccccc32)S(C)(=O)=O)c1. The highest BCUT2D eigenvalue weighted by Gasteiger charge is 2.25. The number of aryl methyl sites for hydroxylation is 1. The molecule has 0 saturated heterocycles. The molecule has 1 aliphatic rings. The molecule has 0 bridgehead atoms. The zero-order valence-corrected chi connectivity index (χ0v) is 18.2. The second-order valence-corrected chi connectivity index (χ2v) is 9.52. The minimum atomic E-state index is -3.57. The summed E-state index contributed by atoms with van der Waals surface area (Å²) in [5.74, 6) is 0. The molecule has 1 N–H and O–H groups in total. The molecular weight excluding hydrogens is 412 g/mol. The molecule has 0 fully saturated rings. The summed E-state index contributed by atoms with van der Waals surface area (Å²) in [4.78, 5) is 5.48. The van der Waals surface area contributed by atoms with Gasteiger partial charge in [-0.15, -0.1) is 0 Å². The number of oxime groups is 1. The number of anilines is 1. The molecule has 0 heterocycles. The molecule has 0 amide bonds. The Hall–Kier alpha value is -3.16. The minimum Gasteiger partial charge on any atom is -0.392 e. The fourth-order valence-electron chi connectivity index (χ4n) is 3.74. The van der Waals surface area contributed by atoms with E-state index in [1.165, 1.54) is 4.31 Å². The molecule has 7 heteroatoms. The Morgan fingerprint density at radius 3 is 2.06 bits per heavy atom. The molecule has 1 atom stereocenters. The maximum atomic E-state index is 12.3. The van der Waals surface area contributed by atoms with E-state index < -0.39 is 16.1 Å². The number of aliphatic hydroxyl groups is 1. The number of fused-ring (bicyclic) bond motifs is 3. The molecule has 3 aromatic carbocycles. The van der Waals surface area contributed by atoms with Crippen molar-refractivity contribution in [3.8, 4) is 11.1 Å². The standard InChI is InChI=1S/C24H24N2O4S/c1-17-8-7-9-18(14-17)26(31(2,28)29)15-19(27)16-30-25-24-22-12-5-3-10-20(22)21-11-4-6-13-23(21)24/h3-14,19,27H,15-16H2,1-2H3/t19-/m1/s1. The molecular formula is C24H24N2O4S. The van der Waals surface area contributed by atoms with E-state index in [0.29, 0.717) is 11.4 Å². The van der Waals surface area contributed by atoms with Crippen molar-refractivity contribution in [2.75, 3.05) is 23.7 Å². The van der Waals surface area contributed by atoms with Crippen LogP contribution < -0.4 is 4.31 Å². The third-order valence-corrected chi connectivity index (χ3v) is 6.30. The minimum absolute atomic E-state index is 0.125. The Labute approximate surface area is 182 Å². The van der Waals surface area contributed by atoms with E-state index in [9.17, 15) is 13.5 Å². The zero-order chi connectivity index (χ0) is 22.0. The van der Waals surface area contributed by atoms with Crippen LogP contribution in [-0.4, -0.2) is 44.7 Å². The van der Waals surface area contributed by atoms with Crippen LogP contribution in [0.2, 0.25) is 0 Å². The average Bonchev–Trinajstić information content (AvgIpc) is 3.05. The van der Waals surface area contributed by atoms with Crippen LogP contribution in [0.5, 0.6) is 0 Å². The maximum absolute atomic E-state index is 12.3. The molecule has 3 aromatic rings. The molecule has 0 saturated carbocycles. The fraction of sp³-hybridized carbons (Fsp3) is 0.208. The Kier molecular flexibility index (Phi) is 5.80. The van der Waals surface area contributed by atoms with Crippen molar-refractivity contribution < 1.29 is 18.4 Å². The van der Waals surface area contributed by atoms with E-state index in [2.05, 4.69) is 5.16 Å². The van der Waals surface area contributed by atoms with Crippen LogP contribution in [0.1, 0.15) is 16.7 Å². The van der Waals surface area contributed by atoms with E-state index in [0.717, 1.165) is 34.1 Å². The summed E-state index contributed by atoms with van der Waals surface area (Å²) in [6.07, 6.45) is 0.0710. The first-order chi connectivity index (χ1) is 14.8. The van der Waals surface area contributed by atoms with Gasteiger partial charge in [0.25, 0.3) is 0 Å². The van der Waals surface area contributed by atoms with Crippen LogP contribution in [0.4, 0.5) is 5.69 Å². The summed E-state index contributed by atoms with van der Waals surface area (Å²) >= 11 is 0. The smallest absolute Gasteiger partial charge is 0.232 e. The Bertz CT molecular complexity index is 1190. The van der Waals surface area contributed by atoms with E-state index in [1.807, 2.05) is 61.5 Å². The number of sulfonamides is 1. The van der Waals surface area contributed by atoms with Crippen molar-refractivity contribution in [2.24, 2.45) is 5.16 Å². The molecule has 0 unspecified atom stereocenters. The van der Waals surface area contributed by atoms with Gasteiger partial charge in [0.15, 0.2) is 0 Å². The summed E-state index contributed by atoms with van der Waals surface area (Å²) in [5, 5.41) is 14.8. The Balaban J connectivity index is 1.50. The molecule has 0 aliphatic heterocycles. The van der Waals surface area contributed by atoms with Crippen LogP contribution in [0.3, 0.4) is 0 Å². The molecule has 1 aliphatic carbocycles. The quantitative estimate of drug-likeness (QED) is 0.449. The number of nitrogens with zero attached hydrogens (tertiary/aromatic N) is 2. The average molecular weight is 437 g/mol. The van der Waals surface area contributed by atoms with Gasteiger partial charge in [0.05, 0.1) is 18.5 Å². The van der Waals surface area contributed by atoms with Crippen molar-refractivity contribution in [1.82, 2.24) is 0 Å². The number of aliphatic hydroxyl groups excluding tert-OH is 1. The van der Waals surface area contributed by atoms with Gasteiger partial charge in [0, 0.05) is 11.1 Å². The normalized spacial score (nSPS) is 13.3. The number of hydrogen-bond donors (Lipinski definition) is 1. The van der Waals surface area contributed by atoms with Crippen LogP contribution >= 0.6 is 0 Å². The lowest BCUT2D eigenvalue weighted by atomic mass is 10.1. The predicted octanol–water partition coefficient (Wildman–Crippen LogP) is 3.57. The van der Waals surface area contributed by atoms with Crippen LogP contribution in [0, 0.1) is 6.92 Å². The van der Waals surface area contributed by atoms with Gasteiger partial charge in [-0.1, -0.05) is 65.8 Å². The predicted molar refractivity (Wildman–Crippen MR) is 123 cm³/mol. The summed E-state index contributed by atoms with van der Waals surface area (Å²) < 4.78 is 25.7. The molecule has 0 spiro atoms. The number of rotatable bonds is 7. The highest BCUT2D eigenvalue weighted by Crippen LogP contribution is 2.36. The van der Waals surface area contributed by atoms with Crippen molar-refractivity contribution in [3.05, 3.63) is 89.5 Å². The van der Waals surface area contributed by atoms with Crippen molar-refractivity contribution in [2.45, 2.75) is 13.0 Å². The highest BCUT2D eigenvalue weighted by atomic mass is 32.2. The third kappa shape index (κ3) is 4.47. The monoisotopic (exact) mass is 436 g/mol. The van der Waals surface area contributed by atoms with E-state index in [4.69, 9.17) is 4.84 Å². The van der Waals surface area contributed by atoms with E-state index in [1.54, 1.807) is 18.2 Å². The first-order valence-electron chi connectivity index (χ1n) is 9.96. The third-order valence-electron chi connectivity index (χ3n) is 5.14. The van der Waals surface area contributed by atoms with Gasteiger partial charge in [-0.3, -0.25) is 4.31 Å². The summed E-state index contributed by atoms with van der Waals surface area (Å²) in [5.41, 5.74) is 6.25. The van der Waals surface area contributed by atoms with Gasteiger partial charge in [0.1, 0.15) is 18.4 Å². The first kappa shape index (κ1) is 21.1. The van der Waals surface area contributed by atoms with Gasteiger partial charge in [-0.2, -0.15) is 0 Å². The maximum Gasteiger partial charge on any atom is 0.232 e. The number of hydrogen-bond acceptors (Lipinski definition) is 5. The van der Waals surface area contributed by atoms with Crippen molar-refractivity contribution in [1.29, 1.82) is 0 Å². The topological polar surface area (TPSA) is 79.2 Å². The molecule has 0 radical (unpaired) electrons. The summed E-state index contributed by atoms with van der Waals surface area (Å²) in [6.45, 7) is 1.63. The fourth-order valence-corrected chi connectivity index (χ4v) is 4.68. The largest absolute Gasteiger partial charge is 0.392 e.